The molecule has 1 atom stereocenters. The SMILES string of the molecule is C=CCOC(=O)C1=C(C)OC(N)=C(C#N)C1c1ccc(C(C)C)cc1. The summed E-state index contributed by atoms with van der Waals surface area (Å²) in [5.74, 6) is -0.427. The van der Waals surface area contributed by atoms with Gasteiger partial charge in [0.05, 0.1) is 11.5 Å². The maximum Gasteiger partial charge on any atom is 0.338 e. The maximum atomic E-state index is 12.5. The third-order valence-electron chi connectivity index (χ3n) is 4.09. The number of carbonyl (C=O) groups is 1. The van der Waals surface area contributed by atoms with Gasteiger partial charge in [-0.05, 0) is 24.0 Å². The number of hydrogen-bond donors (Lipinski definition) is 1. The Bertz CT molecular complexity index is 780. The monoisotopic (exact) mass is 338 g/mol. The Kier molecular flexibility index (Phi) is 5.66. The number of nitriles is 1. The van der Waals surface area contributed by atoms with E-state index in [9.17, 15) is 10.1 Å². The number of esters is 1. The second-order valence-electron chi connectivity index (χ2n) is 6.10. The second-order valence-corrected chi connectivity index (χ2v) is 6.10. The van der Waals surface area contributed by atoms with Crippen molar-refractivity contribution >= 4 is 5.97 Å². The fourth-order valence-electron chi connectivity index (χ4n) is 2.77. The summed E-state index contributed by atoms with van der Waals surface area (Å²) in [5.41, 5.74) is 8.32. The highest BCUT2D eigenvalue weighted by molar-refractivity contribution is 5.92. The molecule has 130 valence electrons. The average Bonchev–Trinajstić information content (AvgIpc) is 2.59. The minimum Gasteiger partial charge on any atom is -0.458 e. The minimum atomic E-state index is -0.614. The summed E-state index contributed by atoms with van der Waals surface area (Å²) in [4.78, 5) is 12.5. The van der Waals surface area contributed by atoms with Crippen molar-refractivity contribution in [2.45, 2.75) is 32.6 Å². The molecular weight excluding hydrogens is 316 g/mol. The molecule has 1 heterocycles. The highest BCUT2D eigenvalue weighted by Crippen LogP contribution is 2.39. The van der Waals surface area contributed by atoms with Crippen molar-refractivity contribution in [1.82, 2.24) is 0 Å². The van der Waals surface area contributed by atoms with Crippen LogP contribution in [-0.2, 0) is 14.3 Å². The van der Waals surface area contributed by atoms with Crippen LogP contribution < -0.4 is 5.73 Å². The first-order chi connectivity index (χ1) is 11.9. The fourth-order valence-corrected chi connectivity index (χ4v) is 2.77. The molecule has 1 aliphatic rings. The van der Waals surface area contributed by atoms with Gasteiger partial charge in [0.2, 0.25) is 5.88 Å². The smallest absolute Gasteiger partial charge is 0.338 e. The van der Waals surface area contributed by atoms with Crippen molar-refractivity contribution in [3.05, 3.63) is 70.8 Å². The lowest BCUT2D eigenvalue weighted by molar-refractivity contribution is -0.138. The lowest BCUT2D eigenvalue weighted by Crippen LogP contribution is -2.25. The van der Waals surface area contributed by atoms with Crippen LogP contribution in [0, 0.1) is 11.3 Å². The van der Waals surface area contributed by atoms with Crippen molar-refractivity contribution in [2.75, 3.05) is 6.61 Å². The fraction of sp³-hybridized carbons (Fsp3) is 0.300. The Morgan fingerprint density at radius 2 is 2.08 bits per heavy atom. The van der Waals surface area contributed by atoms with Crippen LogP contribution in [-0.4, -0.2) is 12.6 Å². The molecule has 1 aromatic rings. The van der Waals surface area contributed by atoms with Crippen LogP contribution in [0.1, 0.15) is 43.7 Å². The van der Waals surface area contributed by atoms with E-state index in [4.69, 9.17) is 15.2 Å². The highest BCUT2D eigenvalue weighted by Gasteiger charge is 2.36. The van der Waals surface area contributed by atoms with Gasteiger partial charge in [-0.2, -0.15) is 5.26 Å². The second kappa shape index (κ2) is 7.71. The van der Waals surface area contributed by atoms with E-state index in [-0.39, 0.29) is 23.6 Å². The normalized spacial score (nSPS) is 17.2. The Labute approximate surface area is 148 Å². The molecule has 0 saturated carbocycles. The maximum absolute atomic E-state index is 12.5. The van der Waals surface area contributed by atoms with E-state index in [2.05, 4.69) is 26.5 Å². The average molecular weight is 338 g/mol. The predicted octanol–water partition coefficient (Wildman–Crippen LogP) is 3.62. The van der Waals surface area contributed by atoms with E-state index in [1.807, 2.05) is 24.3 Å². The van der Waals surface area contributed by atoms with Crippen LogP contribution in [0.15, 0.2) is 59.7 Å². The molecule has 0 amide bonds. The zero-order valence-electron chi connectivity index (χ0n) is 14.7. The van der Waals surface area contributed by atoms with E-state index in [0.717, 1.165) is 5.56 Å². The first-order valence-electron chi connectivity index (χ1n) is 8.06. The first kappa shape index (κ1) is 18.3. The van der Waals surface area contributed by atoms with E-state index in [1.165, 1.54) is 11.6 Å². The summed E-state index contributed by atoms with van der Waals surface area (Å²) in [6, 6.07) is 9.86. The number of carbonyl (C=O) groups excluding carboxylic acids is 1. The number of nitrogens with zero attached hydrogens (tertiary/aromatic N) is 1. The molecule has 2 N–H and O–H groups in total. The number of hydrogen-bond acceptors (Lipinski definition) is 5. The number of rotatable bonds is 5. The summed E-state index contributed by atoms with van der Waals surface area (Å²) in [5, 5.41) is 9.54. The van der Waals surface area contributed by atoms with Crippen LogP contribution in [0.25, 0.3) is 0 Å². The number of benzene rings is 1. The quantitative estimate of drug-likeness (QED) is 0.654. The van der Waals surface area contributed by atoms with Crippen molar-refractivity contribution in [1.29, 1.82) is 5.26 Å². The molecule has 25 heavy (non-hydrogen) atoms. The minimum absolute atomic E-state index is 0.0122. The number of allylic oxidation sites excluding steroid dienone is 2. The summed E-state index contributed by atoms with van der Waals surface area (Å²) < 4.78 is 10.6. The molecule has 1 aromatic carbocycles. The third-order valence-corrected chi connectivity index (χ3v) is 4.09. The largest absolute Gasteiger partial charge is 0.458 e. The first-order valence-corrected chi connectivity index (χ1v) is 8.06. The predicted molar refractivity (Wildman–Crippen MR) is 95.0 cm³/mol. The zero-order chi connectivity index (χ0) is 18.6. The summed E-state index contributed by atoms with van der Waals surface area (Å²) in [6.45, 7) is 9.46. The molecule has 0 aromatic heterocycles. The summed E-state index contributed by atoms with van der Waals surface area (Å²) in [6.07, 6.45) is 1.49. The lowest BCUT2D eigenvalue weighted by Gasteiger charge is -2.27. The molecule has 0 bridgehead atoms. The molecular formula is C20H22N2O3. The van der Waals surface area contributed by atoms with Gasteiger partial charge in [-0.3, -0.25) is 0 Å². The van der Waals surface area contributed by atoms with Crippen LogP contribution in [0.3, 0.4) is 0 Å². The van der Waals surface area contributed by atoms with Gasteiger partial charge in [0.1, 0.15) is 24.0 Å². The molecule has 2 rings (SSSR count). The van der Waals surface area contributed by atoms with Gasteiger partial charge in [0.25, 0.3) is 0 Å². The molecule has 0 saturated heterocycles. The van der Waals surface area contributed by atoms with Crippen LogP contribution in [0.4, 0.5) is 0 Å². The van der Waals surface area contributed by atoms with E-state index in [1.54, 1.807) is 6.92 Å². The van der Waals surface area contributed by atoms with E-state index < -0.39 is 11.9 Å². The standard InChI is InChI=1S/C20H22N2O3/c1-5-10-24-20(23)17-13(4)25-19(22)16(11-21)18(17)15-8-6-14(7-9-15)12(2)3/h5-9,12,18H,1,10,22H2,2-4H3. The van der Waals surface area contributed by atoms with Crippen molar-refractivity contribution in [3.63, 3.8) is 0 Å². The van der Waals surface area contributed by atoms with Gasteiger partial charge in [-0.25, -0.2) is 4.79 Å². The molecule has 0 aliphatic carbocycles. The molecule has 5 nitrogen and oxygen atoms in total. The molecule has 5 heteroatoms. The number of nitrogens with two attached hydrogens (primary N) is 1. The highest BCUT2D eigenvalue weighted by atomic mass is 16.5. The van der Waals surface area contributed by atoms with Gasteiger partial charge in [-0.15, -0.1) is 0 Å². The van der Waals surface area contributed by atoms with Crippen molar-refractivity contribution < 1.29 is 14.3 Å². The molecule has 1 aliphatic heterocycles. The van der Waals surface area contributed by atoms with Crippen molar-refractivity contribution in [3.8, 4) is 6.07 Å². The number of ether oxygens (including phenoxy) is 2. The van der Waals surface area contributed by atoms with Gasteiger partial charge in [-0.1, -0.05) is 50.8 Å². The van der Waals surface area contributed by atoms with Gasteiger partial charge < -0.3 is 15.2 Å². The van der Waals surface area contributed by atoms with Gasteiger partial charge in [0, 0.05) is 0 Å². The van der Waals surface area contributed by atoms with Crippen LogP contribution in [0.2, 0.25) is 0 Å². The Balaban J connectivity index is 2.52. The topological polar surface area (TPSA) is 85.3 Å². The van der Waals surface area contributed by atoms with E-state index in [0.29, 0.717) is 11.7 Å². The zero-order valence-corrected chi connectivity index (χ0v) is 14.7. The van der Waals surface area contributed by atoms with Gasteiger partial charge in [0.15, 0.2) is 0 Å². The van der Waals surface area contributed by atoms with Gasteiger partial charge >= 0.3 is 5.97 Å². The summed E-state index contributed by atoms with van der Waals surface area (Å²) >= 11 is 0. The molecule has 0 radical (unpaired) electrons. The Morgan fingerprint density at radius 3 is 2.60 bits per heavy atom. The molecule has 1 unspecified atom stereocenters. The van der Waals surface area contributed by atoms with Crippen LogP contribution in [0.5, 0.6) is 0 Å². The lowest BCUT2D eigenvalue weighted by atomic mass is 9.82. The van der Waals surface area contributed by atoms with Crippen molar-refractivity contribution in [2.24, 2.45) is 5.73 Å². The third kappa shape index (κ3) is 3.74. The Hall–Kier alpha value is -3.00. The summed E-state index contributed by atoms with van der Waals surface area (Å²) in [7, 11) is 0. The molecule has 0 fully saturated rings. The Morgan fingerprint density at radius 1 is 1.44 bits per heavy atom. The molecule has 0 spiro atoms. The van der Waals surface area contributed by atoms with E-state index >= 15 is 0 Å². The van der Waals surface area contributed by atoms with Crippen LogP contribution >= 0.6 is 0 Å².